The zero-order valence-electron chi connectivity index (χ0n) is 7.54. The van der Waals surface area contributed by atoms with Crippen molar-refractivity contribution in [3.8, 4) is 0 Å². The van der Waals surface area contributed by atoms with E-state index in [1.807, 2.05) is 0 Å². The standard InChI is InChI=1S/C8H6F3NO3/c1-15-7(13)5-2-3-12(14)6(4-5)8(9,10)11/h2-4H,1H3. The van der Waals surface area contributed by atoms with E-state index < -0.39 is 17.8 Å². The van der Waals surface area contributed by atoms with Crippen molar-refractivity contribution in [1.82, 2.24) is 0 Å². The molecule has 0 unspecified atom stereocenters. The summed E-state index contributed by atoms with van der Waals surface area (Å²) in [5.41, 5.74) is -1.78. The lowest BCUT2D eigenvalue weighted by Crippen LogP contribution is -2.36. The van der Waals surface area contributed by atoms with E-state index in [2.05, 4.69) is 4.74 Å². The molecule has 1 aromatic rings. The fraction of sp³-hybridized carbons (Fsp3) is 0.250. The van der Waals surface area contributed by atoms with Crippen LogP contribution in [-0.2, 0) is 10.9 Å². The highest BCUT2D eigenvalue weighted by atomic mass is 19.4. The van der Waals surface area contributed by atoms with Gasteiger partial charge in [-0.2, -0.15) is 17.9 Å². The van der Waals surface area contributed by atoms with Gasteiger partial charge in [0.05, 0.1) is 12.7 Å². The smallest absolute Gasteiger partial charge is 0.478 e. The first-order chi connectivity index (χ1) is 6.86. The van der Waals surface area contributed by atoms with Crippen LogP contribution >= 0.6 is 0 Å². The lowest BCUT2D eigenvalue weighted by Gasteiger charge is -2.08. The lowest BCUT2D eigenvalue weighted by atomic mass is 10.2. The molecule has 15 heavy (non-hydrogen) atoms. The monoisotopic (exact) mass is 221 g/mol. The summed E-state index contributed by atoms with van der Waals surface area (Å²) < 4.78 is 40.5. The fourth-order valence-corrected chi connectivity index (χ4v) is 0.939. The normalized spacial score (nSPS) is 11.2. The summed E-state index contributed by atoms with van der Waals surface area (Å²) in [5.74, 6) is -0.930. The number of pyridine rings is 1. The van der Waals surface area contributed by atoms with Crippen LogP contribution < -0.4 is 4.73 Å². The zero-order chi connectivity index (χ0) is 11.6. The Balaban J connectivity index is 3.23. The average Bonchev–Trinajstić information content (AvgIpc) is 2.15. The van der Waals surface area contributed by atoms with Crippen LogP contribution in [0, 0.1) is 5.21 Å². The predicted octanol–water partition coefficient (Wildman–Crippen LogP) is 1.13. The van der Waals surface area contributed by atoms with Crippen LogP contribution in [0.2, 0.25) is 0 Å². The van der Waals surface area contributed by atoms with Crippen LogP contribution in [0.3, 0.4) is 0 Å². The molecule has 0 saturated heterocycles. The molecule has 0 atom stereocenters. The molecule has 1 aromatic heterocycles. The number of aromatic nitrogens is 1. The van der Waals surface area contributed by atoms with Gasteiger partial charge in [-0.05, 0) is 0 Å². The molecule has 7 heteroatoms. The van der Waals surface area contributed by atoms with E-state index in [1.165, 1.54) is 0 Å². The number of carbonyl (C=O) groups is 1. The van der Waals surface area contributed by atoms with E-state index in [0.29, 0.717) is 12.3 Å². The van der Waals surface area contributed by atoms with Crippen LogP contribution in [-0.4, -0.2) is 13.1 Å². The number of nitrogens with zero attached hydrogens (tertiary/aromatic N) is 1. The maximum absolute atomic E-state index is 12.2. The summed E-state index contributed by atoms with van der Waals surface area (Å²) in [5, 5.41) is 10.8. The number of carbonyl (C=O) groups excluding carboxylic acids is 1. The highest BCUT2D eigenvalue weighted by molar-refractivity contribution is 5.89. The average molecular weight is 221 g/mol. The van der Waals surface area contributed by atoms with Gasteiger partial charge in [0.2, 0.25) is 0 Å². The van der Waals surface area contributed by atoms with Crippen molar-refractivity contribution in [3.63, 3.8) is 0 Å². The highest BCUT2D eigenvalue weighted by Gasteiger charge is 2.40. The number of methoxy groups -OCH3 is 1. The Kier molecular flexibility index (Phi) is 2.83. The molecule has 0 bridgehead atoms. The summed E-state index contributed by atoms with van der Waals surface area (Å²) in [6, 6.07) is 1.40. The van der Waals surface area contributed by atoms with Gasteiger partial charge < -0.3 is 9.94 Å². The molecule has 0 fully saturated rings. The molecule has 0 amide bonds. The molecule has 0 aromatic carbocycles. The van der Waals surface area contributed by atoms with Gasteiger partial charge in [0, 0.05) is 12.1 Å². The van der Waals surface area contributed by atoms with E-state index >= 15 is 0 Å². The molecule has 4 nitrogen and oxygen atoms in total. The van der Waals surface area contributed by atoms with Crippen molar-refractivity contribution in [2.75, 3.05) is 7.11 Å². The van der Waals surface area contributed by atoms with Crippen molar-refractivity contribution in [3.05, 3.63) is 34.8 Å². The molecule has 82 valence electrons. The summed E-state index contributed by atoms with van der Waals surface area (Å²) in [6.45, 7) is 0. The molecule has 1 heterocycles. The Morgan fingerprint density at radius 2 is 2.13 bits per heavy atom. The van der Waals surface area contributed by atoms with Crippen LogP contribution in [0.5, 0.6) is 0 Å². The Hall–Kier alpha value is -1.79. The first-order valence-electron chi connectivity index (χ1n) is 3.75. The van der Waals surface area contributed by atoms with E-state index in [1.54, 1.807) is 0 Å². The summed E-state index contributed by atoms with van der Waals surface area (Å²) in [4.78, 5) is 10.9. The largest absolute Gasteiger partial charge is 0.618 e. The van der Waals surface area contributed by atoms with Gasteiger partial charge in [0.25, 0.3) is 5.69 Å². The Bertz CT molecular complexity index is 389. The number of esters is 1. The van der Waals surface area contributed by atoms with Gasteiger partial charge in [0.15, 0.2) is 6.20 Å². The third-order valence-corrected chi connectivity index (χ3v) is 1.63. The van der Waals surface area contributed by atoms with Crippen molar-refractivity contribution < 1.29 is 27.4 Å². The second-order valence-electron chi connectivity index (χ2n) is 2.62. The van der Waals surface area contributed by atoms with E-state index in [-0.39, 0.29) is 10.3 Å². The third kappa shape index (κ3) is 2.36. The van der Waals surface area contributed by atoms with Crippen LogP contribution in [0.15, 0.2) is 18.3 Å². The zero-order valence-corrected chi connectivity index (χ0v) is 7.54. The molecular formula is C8H6F3NO3. The Labute approximate surface area is 82.5 Å². The van der Waals surface area contributed by atoms with Gasteiger partial charge in [-0.3, -0.25) is 0 Å². The van der Waals surface area contributed by atoms with Gasteiger partial charge >= 0.3 is 12.1 Å². The van der Waals surface area contributed by atoms with E-state index in [4.69, 9.17) is 0 Å². The topological polar surface area (TPSA) is 53.2 Å². The van der Waals surface area contributed by atoms with Crippen molar-refractivity contribution in [1.29, 1.82) is 0 Å². The minimum Gasteiger partial charge on any atom is -0.618 e. The number of halogens is 3. The quantitative estimate of drug-likeness (QED) is 0.405. The van der Waals surface area contributed by atoms with Gasteiger partial charge in [-0.1, -0.05) is 0 Å². The highest BCUT2D eigenvalue weighted by Crippen LogP contribution is 2.26. The van der Waals surface area contributed by atoms with Crippen molar-refractivity contribution in [2.24, 2.45) is 0 Å². The Morgan fingerprint density at radius 3 is 2.60 bits per heavy atom. The van der Waals surface area contributed by atoms with Crippen LogP contribution in [0.4, 0.5) is 13.2 Å². The molecule has 1 rings (SSSR count). The molecule has 0 aliphatic carbocycles. The molecule has 0 aliphatic rings. The summed E-state index contributed by atoms with van der Waals surface area (Å²) >= 11 is 0. The second kappa shape index (κ2) is 3.76. The minimum absolute atomic E-state index is 0.322. The molecule has 0 saturated carbocycles. The maximum atomic E-state index is 12.2. The molecule has 0 aliphatic heterocycles. The van der Waals surface area contributed by atoms with Crippen LogP contribution in [0.25, 0.3) is 0 Å². The van der Waals surface area contributed by atoms with Crippen molar-refractivity contribution >= 4 is 5.97 Å². The number of alkyl halides is 3. The number of rotatable bonds is 1. The Morgan fingerprint density at radius 1 is 1.53 bits per heavy atom. The molecule has 0 radical (unpaired) electrons. The van der Waals surface area contributed by atoms with Gasteiger partial charge in [0.1, 0.15) is 0 Å². The van der Waals surface area contributed by atoms with E-state index in [9.17, 15) is 23.2 Å². The molecular weight excluding hydrogens is 215 g/mol. The second-order valence-corrected chi connectivity index (χ2v) is 2.62. The fourth-order valence-electron chi connectivity index (χ4n) is 0.939. The van der Waals surface area contributed by atoms with Gasteiger partial charge in [-0.15, -0.1) is 0 Å². The van der Waals surface area contributed by atoms with E-state index in [0.717, 1.165) is 13.2 Å². The number of ether oxygens (including phenoxy) is 1. The first kappa shape index (κ1) is 11.3. The maximum Gasteiger partial charge on any atom is 0.478 e. The predicted molar refractivity (Wildman–Crippen MR) is 41.7 cm³/mol. The third-order valence-electron chi connectivity index (χ3n) is 1.63. The van der Waals surface area contributed by atoms with Gasteiger partial charge in [-0.25, -0.2) is 4.79 Å². The molecule has 0 N–H and O–H groups in total. The van der Waals surface area contributed by atoms with Crippen molar-refractivity contribution in [2.45, 2.75) is 6.18 Å². The summed E-state index contributed by atoms with van der Waals surface area (Å²) in [6.07, 6.45) is -4.19. The van der Waals surface area contributed by atoms with Crippen LogP contribution in [0.1, 0.15) is 16.1 Å². The lowest BCUT2D eigenvalue weighted by molar-refractivity contribution is -0.629. The number of hydrogen-bond donors (Lipinski definition) is 0. The SMILES string of the molecule is COC(=O)c1cc[n+]([O-])c(C(F)(F)F)c1. The number of hydrogen-bond acceptors (Lipinski definition) is 3. The molecule has 0 spiro atoms. The summed E-state index contributed by atoms with van der Waals surface area (Å²) in [7, 11) is 1.04. The minimum atomic E-state index is -4.80. The first-order valence-corrected chi connectivity index (χ1v) is 3.75.